The van der Waals surface area contributed by atoms with E-state index in [-0.39, 0.29) is 31.3 Å². The molecule has 9 heteroatoms. The van der Waals surface area contributed by atoms with Crippen molar-refractivity contribution in [3.05, 3.63) is 64.7 Å². The van der Waals surface area contributed by atoms with Crippen LogP contribution in [0.5, 0.6) is 0 Å². The van der Waals surface area contributed by atoms with Gasteiger partial charge >= 0.3 is 0 Å². The molecule has 2 aromatic rings. The topological polar surface area (TPSA) is 86.8 Å². The normalized spacial score (nSPS) is 12.1. The predicted octanol–water partition coefficient (Wildman–Crippen LogP) is 4.92. The number of amides is 2. The third-order valence-electron chi connectivity index (χ3n) is 5.99. The van der Waals surface area contributed by atoms with Crippen LogP contribution in [0.2, 0.25) is 5.02 Å². The maximum Gasteiger partial charge on any atom is 0.242 e. The largest absolute Gasteiger partial charge is 0.354 e. The van der Waals surface area contributed by atoms with Crippen molar-refractivity contribution in [3.63, 3.8) is 0 Å². The number of unbranched alkanes of at least 4 members (excludes halogenated alkanes) is 1. The van der Waals surface area contributed by atoms with E-state index in [0.29, 0.717) is 30.1 Å². The molecule has 0 unspecified atom stereocenters. The van der Waals surface area contributed by atoms with E-state index in [1.54, 1.807) is 23.1 Å². The van der Waals surface area contributed by atoms with E-state index in [1.807, 2.05) is 51.1 Å². The highest BCUT2D eigenvalue weighted by atomic mass is 35.5. The summed E-state index contributed by atoms with van der Waals surface area (Å²) in [6, 6.07) is 13.8. The molecule has 0 aromatic heterocycles. The third kappa shape index (κ3) is 8.82. The summed E-state index contributed by atoms with van der Waals surface area (Å²) in [5.41, 5.74) is 2.34. The SMILES string of the molecule is CCCCNC(=O)[C@@H](CC)N(Cc1ccccc1Cl)C(=O)CCCN(c1ccc(C)cc1)S(C)(=O)=O. The zero-order chi connectivity index (χ0) is 26.7. The first-order valence-corrected chi connectivity index (χ1v) is 14.7. The highest BCUT2D eigenvalue weighted by Crippen LogP contribution is 2.22. The lowest BCUT2D eigenvalue weighted by Crippen LogP contribution is -2.49. The van der Waals surface area contributed by atoms with Crippen LogP contribution in [0.3, 0.4) is 0 Å². The van der Waals surface area contributed by atoms with Gasteiger partial charge < -0.3 is 10.2 Å². The number of rotatable bonds is 14. The molecule has 1 atom stereocenters. The molecule has 36 heavy (non-hydrogen) atoms. The molecule has 0 heterocycles. The summed E-state index contributed by atoms with van der Waals surface area (Å²) in [6.45, 7) is 6.77. The summed E-state index contributed by atoms with van der Waals surface area (Å²) in [7, 11) is -3.52. The molecule has 198 valence electrons. The summed E-state index contributed by atoms with van der Waals surface area (Å²) in [4.78, 5) is 28.0. The molecular weight excluding hydrogens is 498 g/mol. The van der Waals surface area contributed by atoms with Crippen LogP contribution in [-0.4, -0.2) is 50.5 Å². The second-order valence-corrected chi connectivity index (χ2v) is 11.3. The first-order valence-electron chi connectivity index (χ1n) is 12.4. The Morgan fingerprint density at radius 2 is 1.69 bits per heavy atom. The Hall–Kier alpha value is -2.58. The molecule has 2 amide bonds. The lowest BCUT2D eigenvalue weighted by atomic mass is 10.1. The van der Waals surface area contributed by atoms with Gasteiger partial charge in [-0.2, -0.15) is 0 Å². The number of carbonyl (C=O) groups is 2. The average molecular weight is 536 g/mol. The second kappa shape index (κ2) is 14.2. The third-order valence-corrected chi connectivity index (χ3v) is 7.55. The van der Waals surface area contributed by atoms with E-state index in [1.165, 1.54) is 4.31 Å². The van der Waals surface area contributed by atoms with Gasteiger partial charge in [-0.1, -0.05) is 67.8 Å². The number of nitrogens with zero attached hydrogens (tertiary/aromatic N) is 2. The van der Waals surface area contributed by atoms with E-state index in [0.717, 1.165) is 30.2 Å². The van der Waals surface area contributed by atoms with Crippen LogP contribution in [-0.2, 0) is 26.2 Å². The van der Waals surface area contributed by atoms with Gasteiger partial charge in [-0.25, -0.2) is 8.42 Å². The molecular formula is C27H38ClN3O4S. The summed E-state index contributed by atoms with van der Waals surface area (Å²) in [5.74, 6) is -0.409. The molecule has 7 nitrogen and oxygen atoms in total. The second-order valence-electron chi connectivity index (χ2n) is 8.96. The van der Waals surface area contributed by atoms with Crippen LogP contribution in [0.15, 0.2) is 48.5 Å². The highest BCUT2D eigenvalue weighted by Gasteiger charge is 2.29. The van der Waals surface area contributed by atoms with Crippen LogP contribution in [0.1, 0.15) is 57.1 Å². The molecule has 0 saturated carbocycles. The summed E-state index contributed by atoms with van der Waals surface area (Å²) >= 11 is 6.37. The summed E-state index contributed by atoms with van der Waals surface area (Å²) in [5, 5.41) is 3.46. The smallest absolute Gasteiger partial charge is 0.242 e. The molecule has 2 aromatic carbocycles. The number of nitrogens with one attached hydrogen (secondary N) is 1. The Morgan fingerprint density at radius 3 is 2.28 bits per heavy atom. The minimum Gasteiger partial charge on any atom is -0.354 e. The molecule has 0 radical (unpaired) electrons. The van der Waals surface area contributed by atoms with E-state index in [2.05, 4.69) is 5.32 Å². The number of anilines is 1. The minimum absolute atomic E-state index is 0.0983. The minimum atomic E-state index is -3.52. The van der Waals surface area contributed by atoms with Gasteiger partial charge in [0, 0.05) is 31.1 Å². The van der Waals surface area contributed by atoms with Crippen molar-refractivity contribution >= 4 is 39.1 Å². The van der Waals surface area contributed by atoms with Crippen molar-refractivity contribution in [2.45, 2.75) is 65.5 Å². The number of benzene rings is 2. The zero-order valence-corrected chi connectivity index (χ0v) is 23.2. The molecule has 0 fully saturated rings. The van der Waals surface area contributed by atoms with Gasteiger partial charge in [-0.05, 0) is 49.9 Å². The van der Waals surface area contributed by atoms with Gasteiger partial charge in [0.05, 0.1) is 11.9 Å². The monoisotopic (exact) mass is 535 g/mol. The van der Waals surface area contributed by atoms with Crippen LogP contribution < -0.4 is 9.62 Å². The Bertz CT molecular complexity index is 1110. The van der Waals surface area contributed by atoms with Crippen molar-refractivity contribution in [1.82, 2.24) is 10.2 Å². The Kier molecular flexibility index (Phi) is 11.7. The Morgan fingerprint density at radius 1 is 1.03 bits per heavy atom. The van der Waals surface area contributed by atoms with Gasteiger partial charge in [0.2, 0.25) is 21.8 Å². The molecule has 0 bridgehead atoms. The van der Waals surface area contributed by atoms with E-state index in [9.17, 15) is 18.0 Å². The Balaban J connectivity index is 2.20. The van der Waals surface area contributed by atoms with E-state index in [4.69, 9.17) is 11.6 Å². The van der Waals surface area contributed by atoms with Crippen LogP contribution in [0.4, 0.5) is 5.69 Å². The fraction of sp³-hybridized carbons (Fsp3) is 0.481. The first kappa shape index (κ1) is 29.6. The summed E-state index contributed by atoms with van der Waals surface area (Å²) in [6.07, 6.45) is 3.84. The van der Waals surface area contributed by atoms with Gasteiger partial charge in [-0.15, -0.1) is 0 Å². The number of hydrogen-bond acceptors (Lipinski definition) is 4. The van der Waals surface area contributed by atoms with Crippen LogP contribution >= 0.6 is 11.6 Å². The van der Waals surface area contributed by atoms with Crippen LogP contribution in [0, 0.1) is 6.92 Å². The Labute approximate surface area is 220 Å². The lowest BCUT2D eigenvalue weighted by Gasteiger charge is -2.31. The van der Waals surface area contributed by atoms with Gasteiger partial charge in [0.1, 0.15) is 6.04 Å². The first-order chi connectivity index (χ1) is 17.1. The fourth-order valence-electron chi connectivity index (χ4n) is 3.95. The number of sulfonamides is 1. The van der Waals surface area contributed by atoms with Crippen molar-refractivity contribution in [2.24, 2.45) is 0 Å². The van der Waals surface area contributed by atoms with Crippen molar-refractivity contribution in [1.29, 1.82) is 0 Å². The van der Waals surface area contributed by atoms with Crippen LogP contribution in [0.25, 0.3) is 0 Å². The molecule has 0 aliphatic heterocycles. The summed E-state index contributed by atoms with van der Waals surface area (Å²) < 4.78 is 26.2. The lowest BCUT2D eigenvalue weighted by molar-refractivity contribution is -0.141. The highest BCUT2D eigenvalue weighted by molar-refractivity contribution is 7.92. The van der Waals surface area contributed by atoms with Crippen molar-refractivity contribution < 1.29 is 18.0 Å². The molecule has 0 spiro atoms. The van der Waals surface area contributed by atoms with Gasteiger partial charge in [-0.3, -0.25) is 13.9 Å². The molecule has 1 N–H and O–H groups in total. The molecule has 0 aliphatic rings. The zero-order valence-electron chi connectivity index (χ0n) is 21.7. The standard InChI is InChI=1S/C27H38ClN3O4S/c1-5-7-18-29-27(33)25(6-2)30(20-22-11-8-9-12-24(22)28)26(32)13-10-19-31(36(4,34)35)23-16-14-21(3)15-17-23/h8-9,11-12,14-17,25H,5-7,10,13,18-20H2,1-4H3,(H,29,33)/t25-/m1/s1. The van der Waals surface area contributed by atoms with Gasteiger partial charge in [0.25, 0.3) is 0 Å². The number of hydrogen-bond donors (Lipinski definition) is 1. The number of aryl methyl sites for hydroxylation is 1. The van der Waals surface area contributed by atoms with Gasteiger partial charge in [0.15, 0.2) is 0 Å². The van der Waals surface area contributed by atoms with Crippen molar-refractivity contribution in [2.75, 3.05) is 23.7 Å². The van der Waals surface area contributed by atoms with Crippen molar-refractivity contribution in [3.8, 4) is 0 Å². The number of halogens is 1. The predicted molar refractivity (Wildman–Crippen MR) is 147 cm³/mol. The number of carbonyl (C=O) groups excluding carboxylic acids is 2. The molecule has 0 aliphatic carbocycles. The van der Waals surface area contributed by atoms with E-state index >= 15 is 0 Å². The molecule has 0 saturated heterocycles. The maximum absolute atomic E-state index is 13.4. The fourth-order valence-corrected chi connectivity index (χ4v) is 5.11. The average Bonchev–Trinajstić information content (AvgIpc) is 2.83. The maximum atomic E-state index is 13.4. The van der Waals surface area contributed by atoms with E-state index < -0.39 is 16.1 Å². The quantitative estimate of drug-likeness (QED) is 0.348. The molecule has 2 rings (SSSR count).